The first-order chi connectivity index (χ1) is 7.65. The quantitative estimate of drug-likeness (QED) is 0.443. The second-order valence-electron chi connectivity index (χ2n) is 3.03. The predicted molar refractivity (Wildman–Crippen MR) is 57.9 cm³/mol. The molecule has 0 aromatic carbocycles. The molecule has 0 atom stereocenters. The van der Waals surface area contributed by atoms with Gasteiger partial charge < -0.3 is 14.6 Å². The first kappa shape index (κ1) is 12.5. The summed E-state index contributed by atoms with van der Waals surface area (Å²) in [6, 6.07) is 0. The highest BCUT2D eigenvalue weighted by Gasteiger charge is 2.04. The zero-order valence-electron chi connectivity index (χ0n) is 9.19. The number of carbonyl (C=O) groups excluding carboxylic acids is 1. The predicted octanol–water partition coefficient (Wildman–Crippen LogP) is 1.26. The normalized spacial score (nSPS) is 14.8. The number of aliphatic hydroxyl groups is 1. The van der Waals surface area contributed by atoms with Crippen molar-refractivity contribution in [2.24, 2.45) is 0 Å². The summed E-state index contributed by atoms with van der Waals surface area (Å²) in [6.45, 7) is 0.900. The van der Waals surface area contributed by atoms with Crippen molar-refractivity contribution in [3.05, 3.63) is 47.5 Å². The van der Waals surface area contributed by atoms with E-state index in [1.54, 1.807) is 31.4 Å². The summed E-state index contributed by atoms with van der Waals surface area (Å²) in [5.41, 5.74) is 3.48. The molecule has 0 bridgehead atoms. The Morgan fingerprint density at radius 1 is 1.38 bits per heavy atom. The van der Waals surface area contributed by atoms with Gasteiger partial charge in [-0.2, -0.15) is 0 Å². The van der Waals surface area contributed by atoms with Crippen molar-refractivity contribution in [1.29, 1.82) is 0 Å². The molecule has 1 rings (SSSR count). The van der Waals surface area contributed by atoms with Crippen LogP contribution in [0.4, 0.5) is 0 Å². The number of hydrogen-bond donors (Lipinski definition) is 1. The molecule has 4 nitrogen and oxygen atoms in total. The molecule has 0 aliphatic heterocycles. The van der Waals surface area contributed by atoms with E-state index in [-0.39, 0.29) is 12.4 Å². The molecule has 0 saturated carbocycles. The Hall–Kier alpha value is -1.61. The van der Waals surface area contributed by atoms with Gasteiger partial charge in [0.15, 0.2) is 5.76 Å². The van der Waals surface area contributed by atoms with Crippen LogP contribution < -0.4 is 0 Å². The van der Waals surface area contributed by atoms with Gasteiger partial charge in [0.05, 0.1) is 0 Å². The number of aliphatic hydroxyl groups excluding tert-OH is 1. The summed E-state index contributed by atoms with van der Waals surface area (Å²) in [4.78, 5) is 10.7. The molecule has 0 saturated heterocycles. The highest BCUT2D eigenvalue weighted by molar-refractivity contribution is 5.67. The molecule has 16 heavy (non-hydrogen) atoms. The number of methoxy groups -OCH3 is 1. The number of rotatable bonds is 3. The van der Waals surface area contributed by atoms with Crippen LogP contribution in [0.3, 0.4) is 0 Å². The van der Waals surface area contributed by atoms with Crippen molar-refractivity contribution in [1.82, 2.24) is 0 Å². The molecule has 0 aromatic heterocycles. The maximum Gasteiger partial charge on any atom is 0.308 e. The first-order valence-corrected chi connectivity index (χ1v) is 4.72. The standard InChI is InChI=1S/C12H13O4/c1-9(14)16-12(8-13)7-10-3-5-11(15-2)6-4-10/h3-6,13H,8H2,1-2H3. The minimum absolute atomic E-state index is 0.0951. The van der Waals surface area contributed by atoms with Crippen LogP contribution in [0.5, 0.6) is 0 Å². The fraction of sp³-hybridized carbons (Fsp3) is 0.250. The summed E-state index contributed by atoms with van der Waals surface area (Å²) < 4.78 is 9.74. The molecule has 4 heteroatoms. The van der Waals surface area contributed by atoms with Crippen LogP contribution in [0.1, 0.15) is 6.92 Å². The summed E-state index contributed by atoms with van der Waals surface area (Å²) in [7, 11) is 1.58. The van der Waals surface area contributed by atoms with Crippen molar-refractivity contribution >= 4 is 5.97 Å². The fourth-order valence-corrected chi connectivity index (χ4v) is 1.11. The lowest BCUT2D eigenvalue weighted by atomic mass is 10.1. The van der Waals surface area contributed by atoms with E-state index in [4.69, 9.17) is 14.6 Å². The number of esters is 1. The van der Waals surface area contributed by atoms with Gasteiger partial charge in [0.2, 0.25) is 0 Å². The van der Waals surface area contributed by atoms with Crippen LogP contribution in [0.2, 0.25) is 0 Å². The SMILES string of the molecule is CO[C]1C=CC(=C=C(CO)OC(C)=O)C=C1. The average Bonchev–Trinajstić information content (AvgIpc) is 2.28. The van der Waals surface area contributed by atoms with Gasteiger partial charge in [-0.25, -0.2) is 0 Å². The highest BCUT2D eigenvalue weighted by Crippen LogP contribution is 2.15. The molecule has 0 fully saturated rings. The molecule has 0 amide bonds. The Balaban J connectivity index is 2.86. The molecular weight excluding hydrogens is 208 g/mol. The zero-order valence-corrected chi connectivity index (χ0v) is 9.19. The van der Waals surface area contributed by atoms with E-state index in [1.165, 1.54) is 6.92 Å². The summed E-state index contributed by atoms with van der Waals surface area (Å²) in [6.07, 6.45) is 7.73. The molecule has 0 spiro atoms. The van der Waals surface area contributed by atoms with E-state index in [0.717, 1.165) is 6.10 Å². The van der Waals surface area contributed by atoms with Gasteiger partial charge in [-0.3, -0.25) is 4.79 Å². The van der Waals surface area contributed by atoms with E-state index in [1.807, 2.05) is 0 Å². The van der Waals surface area contributed by atoms with Crippen molar-refractivity contribution in [3.8, 4) is 0 Å². The van der Waals surface area contributed by atoms with Gasteiger partial charge in [-0.15, -0.1) is 0 Å². The number of ether oxygens (including phenoxy) is 2. The van der Waals surface area contributed by atoms with Gasteiger partial charge in [0.25, 0.3) is 0 Å². The van der Waals surface area contributed by atoms with Gasteiger partial charge in [-0.05, 0) is 24.3 Å². The van der Waals surface area contributed by atoms with Gasteiger partial charge in [0.1, 0.15) is 12.7 Å². The van der Waals surface area contributed by atoms with Crippen molar-refractivity contribution < 1.29 is 19.4 Å². The minimum Gasteiger partial charge on any atom is -0.420 e. The lowest BCUT2D eigenvalue weighted by Gasteiger charge is -2.07. The smallest absolute Gasteiger partial charge is 0.308 e. The Morgan fingerprint density at radius 3 is 2.44 bits per heavy atom. The van der Waals surface area contributed by atoms with E-state index < -0.39 is 5.97 Å². The van der Waals surface area contributed by atoms with E-state index >= 15 is 0 Å². The topological polar surface area (TPSA) is 55.8 Å². The molecule has 0 aromatic rings. The second-order valence-corrected chi connectivity index (χ2v) is 3.03. The second kappa shape index (κ2) is 6.08. The van der Waals surface area contributed by atoms with Crippen LogP contribution in [0, 0.1) is 6.10 Å². The third-order valence-electron chi connectivity index (χ3n) is 1.78. The summed E-state index contributed by atoms with van der Waals surface area (Å²) >= 11 is 0. The fourth-order valence-electron chi connectivity index (χ4n) is 1.11. The molecule has 1 N–H and O–H groups in total. The van der Waals surface area contributed by atoms with E-state index in [9.17, 15) is 4.79 Å². The van der Waals surface area contributed by atoms with Crippen LogP contribution in [0.25, 0.3) is 0 Å². The molecule has 1 radical (unpaired) electrons. The third kappa shape index (κ3) is 3.87. The van der Waals surface area contributed by atoms with Crippen molar-refractivity contribution in [2.75, 3.05) is 13.7 Å². The number of hydrogen-bond acceptors (Lipinski definition) is 4. The van der Waals surface area contributed by atoms with Crippen molar-refractivity contribution in [3.63, 3.8) is 0 Å². The minimum atomic E-state index is -0.481. The maximum atomic E-state index is 10.7. The van der Waals surface area contributed by atoms with E-state index in [2.05, 4.69) is 5.73 Å². The largest absolute Gasteiger partial charge is 0.420 e. The summed E-state index contributed by atoms with van der Waals surface area (Å²) in [5, 5.41) is 8.94. The maximum absolute atomic E-state index is 10.7. The molecule has 0 heterocycles. The number of carbonyl (C=O) groups is 1. The monoisotopic (exact) mass is 221 g/mol. The summed E-state index contributed by atoms with van der Waals surface area (Å²) in [5.74, 6) is -0.386. The Bertz CT molecular complexity index is 368. The Labute approximate surface area is 94.2 Å². The van der Waals surface area contributed by atoms with Gasteiger partial charge in [0, 0.05) is 19.6 Å². The van der Waals surface area contributed by atoms with Crippen molar-refractivity contribution in [2.45, 2.75) is 6.92 Å². The molecule has 0 unspecified atom stereocenters. The number of allylic oxidation sites excluding steroid dienone is 2. The lowest BCUT2D eigenvalue weighted by Crippen LogP contribution is -2.02. The Kier molecular flexibility index (Phi) is 4.73. The molecule has 85 valence electrons. The van der Waals surface area contributed by atoms with Crippen LogP contribution in [0.15, 0.2) is 41.4 Å². The van der Waals surface area contributed by atoms with Gasteiger partial charge >= 0.3 is 5.97 Å². The molecule has 1 aliphatic rings. The third-order valence-corrected chi connectivity index (χ3v) is 1.78. The van der Waals surface area contributed by atoms with Crippen LogP contribution in [-0.2, 0) is 14.3 Å². The van der Waals surface area contributed by atoms with Gasteiger partial charge in [-0.1, -0.05) is 5.73 Å². The Morgan fingerprint density at radius 2 is 2.00 bits per heavy atom. The van der Waals surface area contributed by atoms with Crippen LogP contribution >= 0.6 is 0 Å². The lowest BCUT2D eigenvalue weighted by molar-refractivity contribution is -0.137. The average molecular weight is 221 g/mol. The molecule has 1 aliphatic carbocycles. The molecular formula is C12H13O4. The van der Waals surface area contributed by atoms with E-state index in [0.29, 0.717) is 5.57 Å². The highest BCUT2D eigenvalue weighted by atomic mass is 16.5. The zero-order chi connectivity index (χ0) is 12.0. The van der Waals surface area contributed by atoms with Crippen LogP contribution in [-0.4, -0.2) is 24.8 Å². The first-order valence-electron chi connectivity index (χ1n) is 4.72.